The van der Waals surface area contributed by atoms with Crippen molar-refractivity contribution in [3.8, 4) is 33.8 Å². The van der Waals surface area contributed by atoms with E-state index < -0.39 is 5.41 Å². The van der Waals surface area contributed by atoms with Crippen LogP contribution in [0.4, 0.5) is 17.1 Å². The fourth-order valence-corrected chi connectivity index (χ4v) is 7.88. The summed E-state index contributed by atoms with van der Waals surface area (Å²) in [6, 6.07) is 59.3. The second-order valence-corrected chi connectivity index (χ2v) is 12.6. The summed E-state index contributed by atoms with van der Waals surface area (Å²) < 4.78 is 6.64. The van der Waals surface area contributed by atoms with Crippen LogP contribution in [0, 0.1) is 13.8 Å². The molecule has 7 aromatic carbocycles. The van der Waals surface area contributed by atoms with Gasteiger partial charge < -0.3 is 9.64 Å². The Morgan fingerprint density at radius 3 is 1.94 bits per heavy atom. The van der Waals surface area contributed by atoms with E-state index in [0.29, 0.717) is 0 Å². The molecule has 0 saturated carbocycles. The van der Waals surface area contributed by atoms with E-state index in [4.69, 9.17) is 4.74 Å². The molecule has 224 valence electrons. The van der Waals surface area contributed by atoms with E-state index in [1.165, 1.54) is 55.6 Å². The van der Waals surface area contributed by atoms with Crippen LogP contribution in [0.2, 0.25) is 0 Å². The van der Waals surface area contributed by atoms with Crippen LogP contribution in [0.3, 0.4) is 0 Å². The van der Waals surface area contributed by atoms with Gasteiger partial charge in [-0.1, -0.05) is 127 Å². The first-order valence-electron chi connectivity index (χ1n) is 16.3. The van der Waals surface area contributed by atoms with Crippen molar-refractivity contribution in [1.29, 1.82) is 0 Å². The van der Waals surface area contributed by atoms with Crippen molar-refractivity contribution in [2.24, 2.45) is 0 Å². The van der Waals surface area contributed by atoms with Crippen molar-refractivity contribution >= 4 is 17.1 Å². The monoisotopic (exact) mass is 603 g/mol. The quantitative estimate of drug-likeness (QED) is 0.198. The van der Waals surface area contributed by atoms with Crippen molar-refractivity contribution in [2.45, 2.75) is 19.3 Å². The molecule has 0 radical (unpaired) electrons. The van der Waals surface area contributed by atoms with Gasteiger partial charge in [0.15, 0.2) is 0 Å². The molecule has 1 unspecified atom stereocenters. The highest BCUT2D eigenvalue weighted by atomic mass is 16.5. The Bertz CT molecular complexity index is 2300. The van der Waals surface area contributed by atoms with Crippen molar-refractivity contribution < 1.29 is 4.74 Å². The van der Waals surface area contributed by atoms with E-state index in [1.807, 2.05) is 0 Å². The highest BCUT2D eigenvalue weighted by Crippen LogP contribution is 2.64. The maximum Gasteiger partial charge on any atom is 0.132 e. The molecule has 2 aliphatic rings. The summed E-state index contributed by atoms with van der Waals surface area (Å²) >= 11 is 0. The fourth-order valence-electron chi connectivity index (χ4n) is 7.88. The number of rotatable bonds is 4. The molecule has 1 aliphatic heterocycles. The number of fused-ring (bicyclic) bond motifs is 9. The number of para-hydroxylation sites is 2. The first kappa shape index (κ1) is 27.5. The number of nitrogens with zero attached hydrogens (tertiary/aromatic N) is 1. The minimum Gasteiger partial charge on any atom is -0.457 e. The van der Waals surface area contributed by atoms with Crippen LogP contribution in [0.1, 0.15) is 33.4 Å². The molecule has 2 heteroatoms. The number of hydrogen-bond donors (Lipinski definition) is 0. The molecule has 9 rings (SSSR count). The smallest absolute Gasteiger partial charge is 0.132 e. The van der Waals surface area contributed by atoms with E-state index in [9.17, 15) is 0 Å². The Kier molecular flexibility index (Phi) is 6.20. The minimum absolute atomic E-state index is 0.519. The summed E-state index contributed by atoms with van der Waals surface area (Å²) in [4.78, 5) is 2.44. The molecule has 47 heavy (non-hydrogen) atoms. The molecule has 1 aliphatic carbocycles. The zero-order chi connectivity index (χ0) is 31.5. The van der Waals surface area contributed by atoms with Gasteiger partial charge in [0.1, 0.15) is 11.5 Å². The Labute approximate surface area is 276 Å². The fraction of sp³-hybridized carbons (Fsp3) is 0.0667. The first-order valence-corrected chi connectivity index (χ1v) is 16.3. The highest BCUT2D eigenvalue weighted by Gasteiger charge is 2.51. The van der Waals surface area contributed by atoms with Crippen LogP contribution < -0.4 is 9.64 Å². The average molecular weight is 604 g/mol. The molecule has 0 N–H and O–H groups in total. The Hall–Kier alpha value is -5.86. The summed E-state index contributed by atoms with van der Waals surface area (Å²) in [6.07, 6.45) is 0. The molecule has 7 aromatic rings. The second-order valence-electron chi connectivity index (χ2n) is 12.6. The van der Waals surface area contributed by atoms with Crippen molar-refractivity contribution in [3.63, 3.8) is 0 Å². The molecule has 0 fully saturated rings. The van der Waals surface area contributed by atoms with E-state index in [2.05, 4.69) is 183 Å². The molecule has 1 atom stereocenters. The van der Waals surface area contributed by atoms with Gasteiger partial charge in [-0.2, -0.15) is 0 Å². The Morgan fingerprint density at radius 2 is 1.11 bits per heavy atom. The van der Waals surface area contributed by atoms with E-state index >= 15 is 0 Å². The summed E-state index contributed by atoms with van der Waals surface area (Å²) in [5.41, 5.74) is 15.2. The number of anilines is 3. The van der Waals surface area contributed by atoms with Gasteiger partial charge in [-0.3, -0.25) is 0 Å². The second kappa shape index (κ2) is 10.6. The lowest BCUT2D eigenvalue weighted by molar-refractivity contribution is 0.436. The van der Waals surface area contributed by atoms with Crippen LogP contribution >= 0.6 is 0 Å². The van der Waals surface area contributed by atoms with Crippen LogP contribution in [0.15, 0.2) is 164 Å². The lowest BCUT2D eigenvalue weighted by Crippen LogP contribution is -2.32. The number of benzene rings is 7. The van der Waals surface area contributed by atoms with Gasteiger partial charge in [0.05, 0.1) is 11.1 Å². The summed E-state index contributed by atoms with van der Waals surface area (Å²) in [5, 5.41) is 0. The third kappa shape index (κ3) is 4.05. The zero-order valence-electron chi connectivity index (χ0n) is 26.4. The largest absolute Gasteiger partial charge is 0.457 e. The first-order chi connectivity index (χ1) is 23.1. The minimum atomic E-state index is -0.519. The SMILES string of the molecule is Cc1ccc2c(c1)Oc1ccccc1C21c2ccccc2-c2c(N(c3ccc(-c4ccccc4)cc3)c3ccccc3C)cccc21. The normalized spacial score (nSPS) is 15.3. The number of ether oxygens (including phenoxy) is 1. The molecule has 1 heterocycles. The summed E-state index contributed by atoms with van der Waals surface area (Å²) in [7, 11) is 0. The average Bonchev–Trinajstić information content (AvgIpc) is 3.41. The zero-order valence-corrected chi connectivity index (χ0v) is 26.4. The molecule has 0 bridgehead atoms. The molecular weight excluding hydrogens is 571 g/mol. The van der Waals surface area contributed by atoms with E-state index in [1.54, 1.807) is 0 Å². The predicted molar refractivity (Wildman–Crippen MR) is 193 cm³/mol. The standard InChI is InChI=1S/C45H33NO/c1-30-23-28-38-43(29-30)47-42-22-11-9-18-37(42)45(38)36-17-8-7-16-35(36)44-39(45)19-12-21-41(44)46(40-20-10-6-13-31(40)2)34-26-24-33(25-27-34)32-14-4-3-5-15-32/h3-29H,1-2H3. The predicted octanol–water partition coefficient (Wildman–Crippen LogP) is 11.9. The van der Waals surface area contributed by atoms with Gasteiger partial charge in [0.25, 0.3) is 0 Å². The summed E-state index contributed by atoms with van der Waals surface area (Å²) in [6.45, 7) is 4.33. The molecule has 0 aromatic heterocycles. The lowest BCUT2D eigenvalue weighted by Gasteiger charge is -2.39. The van der Waals surface area contributed by atoms with Gasteiger partial charge in [0.2, 0.25) is 0 Å². The van der Waals surface area contributed by atoms with Crippen LogP contribution in [-0.2, 0) is 5.41 Å². The van der Waals surface area contributed by atoms with Crippen LogP contribution in [-0.4, -0.2) is 0 Å². The topological polar surface area (TPSA) is 12.5 Å². The van der Waals surface area contributed by atoms with E-state index in [0.717, 1.165) is 28.6 Å². The van der Waals surface area contributed by atoms with Gasteiger partial charge in [-0.15, -0.1) is 0 Å². The van der Waals surface area contributed by atoms with E-state index in [-0.39, 0.29) is 0 Å². The van der Waals surface area contributed by atoms with Gasteiger partial charge in [-0.05, 0) is 89.2 Å². The van der Waals surface area contributed by atoms with Crippen LogP contribution in [0.25, 0.3) is 22.3 Å². The van der Waals surface area contributed by atoms with Gasteiger partial charge >= 0.3 is 0 Å². The Morgan fingerprint density at radius 1 is 0.468 bits per heavy atom. The molecular formula is C45H33NO. The highest BCUT2D eigenvalue weighted by molar-refractivity contribution is 5.98. The number of aryl methyl sites for hydroxylation is 2. The molecule has 1 spiro atoms. The van der Waals surface area contributed by atoms with Crippen molar-refractivity contribution in [2.75, 3.05) is 4.90 Å². The molecule has 0 amide bonds. The Balaban J connectivity index is 1.34. The molecule has 2 nitrogen and oxygen atoms in total. The van der Waals surface area contributed by atoms with Crippen molar-refractivity contribution in [1.82, 2.24) is 0 Å². The maximum atomic E-state index is 6.64. The van der Waals surface area contributed by atoms with Gasteiger partial charge in [-0.25, -0.2) is 0 Å². The number of hydrogen-bond acceptors (Lipinski definition) is 2. The lowest BCUT2D eigenvalue weighted by atomic mass is 9.66. The third-order valence-corrected chi connectivity index (χ3v) is 9.93. The molecule has 0 saturated heterocycles. The van der Waals surface area contributed by atoms with Crippen LogP contribution in [0.5, 0.6) is 11.5 Å². The van der Waals surface area contributed by atoms with Crippen molar-refractivity contribution in [3.05, 3.63) is 197 Å². The van der Waals surface area contributed by atoms with Gasteiger partial charge in [0, 0.05) is 28.1 Å². The summed E-state index contributed by atoms with van der Waals surface area (Å²) in [5.74, 6) is 1.83. The maximum absolute atomic E-state index is 6.64. The third-order valence-electron chi connectivity index (χ3n) is 9.93.